The second-order valence-corrected chi connectivity index (χ2v) is 6.85. The van der Waals surface area contributed by atoms with E-state index in [0.717, 1.165) is 32.4 Å². The van der Waals surface area contributed by atoms with Gasteiger partial charge in [-0.2, -0.15) is 0 Å². The summed E-state index contributed by atoms with van der Waals surface area (Å²) >= 11 is 6.27. The molecule has 5 nitrogen and oxygen atoms in total. The minimum Gasteiger partial charge on any atom is -0.473 e. The molecule has 0 N–H and O–H groups in total. The molecule has 1 amide bonds. The van der Waals surface area contributed by atoms with Crippen molar-refractivity contribution in [3.05, 3.63) is 22.8 Å². The highest BCUT2D eigenvalue weighted by Gasteiger charge is 2.24. The van der Waals surface area contributed by atoms with Crippen LogP contribution in [0.15, 0.2) is 12.3 Å². The van der Waals surface area contributed by atoms with Gasteiger partial charge in [0, 0.05) is 32.1 Å². The number of halogens is 1. The van der Waals surface area contributed by atoms with E-state index in [-0.39, 0.29) is 12.0 Å². The molecule has 6 heteroatoms. The van der Waals surface area contributed by atoms with Crippen LogP contribution in [0, 0.1) is 5.92 Å². The Morgan fingerprint density at radius 2 is 2.17 bits per heavy atom. The van der Waals surface area contributed by atoms with Gasteiger partial charge in [-0.05, 0) is 24.8 Å². The summed E-state index contributed by atoms with van der Waals surface area (Å²) in [7, 11) is 0. The van der Waals surface area contributed by atoms with E-state index in [0.29, 0.717) is 35.6 Å². The van der Waals surface area contributed by atoms with Gasteiger partial charge in [-0.15, -0.1) is 0 Å². The minimum atomic E-state index is 0.00330. The van der Waals surface area contributed by atoms with E-state index in [1.807, 2.05) is 4.90 Å². The summed E-state index contributed by atoms with van der Waals surface area (Å²) in [6.07, 6.45) is 5.56. The first-order valence-corrected chi connectivity index (χ1v) is 8.70. The summed E-state index contributed by atoms with van der Waals surface area (Å²) in [4.78, 5) is 18.7. The predicted octanol–water partition coefficient (Wildman–Crippen LogP) is 3.16. The maximum atomic E-state index is 12.6. The van der Waals surface area contributed by atoms with Crippen molar-refractivity contribution in [2.24, 2.45) is 5.92 Å². The number of carbonyl (C=O) groups is 1. The molecule has 3 heterocycles. The van der Waals surface area contributed by atoms with Crippen LogP contribution in [0.25, 0.3) is 0 Å². The van der Waals surface area contributed by atoms with E-state index in [2.05, 4.69) is 11.9 Å². The number of piperidine rings is 1. The van der Waals surface area contributed by atoms with Crippen LogP contribution in [0.5, 0.6) is 5.88 Å². The molecule has 3 rings (SSSR count). The number of likely N-dealkylation sites (tertiary alicyclic amines) is 1. The third-order valence-electron chi connectivity index (χ3n) is 4.45. The van der Waals surface area contributed by atoms with Crippen LogP contribution >= 0.6 is 11.6 Å². The fourth-order valence-corrected chi connectivity index (χ4v) is 3.35. The smallest absolute Gasteiger partial charge is 0.255 e. The Balaban J connectivity index is 1.67. The number of hydrogen-bond acceptors (Lipinski definition) is 4. The molecular weight excluding hydrogens is 316 g/mol. The van der Waals surface area contributed by atoms with E-state index in [1.54, 1.807) is 12.3 Å². The Morgan fingerprint density at radius 3 is 2.87 bits per heavy atom. The van der Waals surface area contributed by atoms with Crippen LogP contribution in [0.2, 0.25) is 5.02 Å². The van der Waals surface area contributed by atoms with E-state index in [9.17, 15) is 4.79 Å². The van der Waals surface area contributed by atoms with Gasteiger partial charge in [0.25, 0.3) is 5.91 Å². The summed E-state index contributed by atoms with van der Waals surface area (Å²) in [6.45, 7) is 5.19. The van der Waals surface area contributed by atoms with Crippen molar-refractivity contribution in [1.82, 2.24) is 9.88 Å². The number of aromatic nitrogens is 1. The van der Waals surface area contributed by atoms with Gasteiger partial charge >= 0.3 is 0 Å². The maximum Gasteiger partial charge on any atom is 0.255 e. The molecule has 1 aromatic heterocycles. The fraction of sp³-hybridized carbons (Fsp3) is 0.647. The highest BCUT2D eigenvalue weighted by Crippen LogP contribution is 2.26. The third-order valence-corrected chi connectivity index (χ3v) is 4.72. The lowest BCUT2D eigenvalue weighted by Gasteiger charge is -2.31. The molecule has 0 saturated carbocycles. The topological polar surface area (TPSA) is 51.7 Å². The molecule has 1 aromatic rings. The minimum absolute atomic E-state index is 0.00330. The number of carbonyl (C=O) groups excluding carboxylic acids is 1. The second-order valence-electron chi connectivity index (χ2n) is 6.44. The number of nitrogens with zero attached hydrogens (tertiary/aromatic N) is 2. The lowest BCUT2D eigenvalue weighted by Crippen LogP contribution is -2.39. The molecule has 0 radical (unpaired) electrons. The van der Waals surface area contributed by atoms with Gasteiger partial charge in [0.1, 0.15) is 11.1 Å². The number of ether oxygens (including phenoxy) is 2. The molecule has 2 fully saturated rings. The van der Waals surface area contributed by atoms with Gasteiger partial charge in [-0.3, -0.25) is 4.79 Å². The average molecular weight is 339 g/mol. The number of pyridine rings is 1. The summed E-state index contributed by atoms with van der Waals surface area (Å²) in [5.41, 5.74) is 0.531. The van der Waals surface area contributed by atoms with Crippen LogP contribution in [0.3, 0.4) is 0 Å². The van der Waals surface area contributed by atoms with Gasteiger partial charge in [0.2, 0.25) is 5.88 Å². The highest BCUT2D eigenvalue weighted by atomic mass is 35.5. The Labute approximate surface area is 141 Å². The van der Waals surface area contributed by atoms with Gasteiger partial charge < -0.3 is 14.4 Å². The molecule has 0 aliphatic carbocycles. The SMILES string of the molecule is CC1CCCN(C(=O)c2cnc(OC3CCOCC3)c(Cl)c2)C1. The molecule has 23 heavy (non-hydrogen) atoms. The molecule has 0 aromatic carbocycles. The van der Waals surface area contributed by atoms with Crippen molar-refractivity contribution in [1.29, 1.82) is 0 Å². The summed E-state index contributed by atoms with van der Waals surface area (Å²) in [5.74, 6) is 0.956. The van der Waals surface area contributed by atoms with Crippen LogP contribution in [-0.4, -0.2) is 48.2 Å². The molecule has 1 atom stereocenters. The Bertz CT molecular complexity index is 561. The molecular formula is C17H23ClN2O3. The first kappa shape index (κ1) is 16.5. The Kier molecular flexibility index (Phi) is 5.38. The van der Waals surface area contributed by atoms with Crippen LogP contribution in [0.4, 0.5) is 0 Å². The van der Waals surface area contributed by atoms with Crippen molar-refractivity contribution >= 4 is 17.5 Å². The summed E-state index contributed by atoms with van der Waals surface area (Å²) in [6, 6.07) is 1.67. The first-order chi connectivity index (χ1) is 11.1. The van der Waals surface area contributed by atoms with Crippen molar-refractivity contribution in [2.75, 3.05) is 26.3 Å². The number of rotatable bonds is 3. The lowest BCUT2D eigenvalue weighted by molar-refractivity contribution is 0.0237. The molecule has 2 aliphatic rings. The zero-order valence-corrected chi connectivity index (χ0v) is 14.2. The molecule has 0 bridgehead atoms. The van der Waals surface area contributed by atoms with Crippen LogP contribution in [0.1, 0.15) is 43.0 Å². The van der Waals surface area contributed by atoms with E-state index in [1.165, 1.54) is 6.42 Å². The largest absolute Gasteiger partial charge is 0.473 e. The fourth-order valence-electron chi connectivity index (χ4n) is 3.14. The summed E-state index contributed by atoms with van der Waals surface area (Å²) < 4.78 is 11.1. The monoisotopic (exact) mass is 338 g/mol. The predicted molar refractivity (Wildman–Crippen MR) is 88.0 cm³/mol. The zero-order valence-electron chi connectivity index (χ0n) is 13.5. The van der Waals surface area contributed by atoms with Crippen molar-refractivity contribution in [3.8, 4) is 5.88 Å². The second kappa shape index (κ2) is 7.49. The standard InChI is InChI=1S/C17H23ClN2O3/c1-12-3-2-6-20(11-12)17(21)13-9-15(18)16(19-10-13)23-14-4-7-22-8-5-14/h9-10,12,14H,2-8,11H2,1H3. The molecule has 2 saturated heterocycles. The third kappa shape index (κ3) is 4.15. The Hall–Kier alpha value is -1.33. The quantitative estimate of drug-likeness (QED) is 0.849. The van der Waals surface area contributed by atoms with Crippen LogP contribution < -0.4 is 4.74 Å². The lowest BCUT2D eigenvalue weighted by atomic mass is 10.00. The van der Waals surface area contributed by atoms with Crippen LogP contribution in [-0.2, 0) is 4.74 Å². The molecule has 126 valence electrons. The molecule has 1 unspecified atom stereocenters. The van der Waals surface area contributed by atoms with E-state index in [4.69, 9.17) is 21.1 Å². The van der Waals surface area contributed by atoms with E-state index < -0.39 is 0 Å². The maximum absolute atomic E-state index is 12.6. The molecule has 0 spiro atoms. The van der Waals surface area contributed by atoms with Gasteiger partial charge in [0.15, 0.2) is 0 Å². The number of hydrogen-bond donors (Lipinski definition) is 0. The van der Waals surface area contributed by atoms with E-state index >= 15 is 0 Å². The Morgan fingerprint density at radius 1 is 1.39 bits per heavy atom. The zero-order chi connectivity index (χ0) is 16.2. The normalized spacial score (nSPS) is 22.9. The first-order valence-electron chi connectivity index (χ1n) is 8.32. The highest BCUT2D eigenvalue weighted by molar-refractivity contribution is 6.32. The van der Waals surface area contributed by atoms with Gasteiger partial charge in [-0.1, -0.05) is 18.5 Å². The van der Waals surface area contributed by atoms with Crippen molar-refractivity contribution in [3.63, 3.8) is 0 Å². The van der Waals surface area contributed by atoms with Gasteiger partial charge in [-0.25, -0.2) is 4.98 Å². The number of amides is 1. The van der Waals surface area contributed by atoms with Crippen molar-refractivity contribution < 1.29 is 14.3 Å². The average Bonchev–Trinajstić information content (AvgIpc) is 2.57. The van der Waals surface area contributed by atoms with Gasteiger partial charge in [0.05, 0.1) is 18.8 Å². The summed E-state index contributed by atoms with van der Waals surface area (Å²) in [5, 5.41) is 0.396. The van der Waals surface area contributed by atoms with Crippen molar-refractivity contribution in [2.45, 2.75) is 38.7 Å². The molecule has 2 aliphatic heterocycles.